The van der Waals surface area contributed by atoms with Crippen molar-refractivity contribution in [2.75, 3.05) is 0 Å². The molecule has 6 nitrogen and oxygen atoms in total. The number of H-pyrrole nitrogens is 1. The van der Waals surface area contributed by atoms with Gasteiger partial charge in [0.15, 0.2) is 0 Å². The van der Waals surface area contributed by atoms with Gasteiger partial charge in [0, 0.05) is 0 Å². The second kappa shape index (κ2) is 8.99. The minimum absolute atomic E-state index is 0.00166. The molecule has 1 aromatic carbocycles. The summed E-state index contributed by atoms with van der Waals surface area (Å²) in [5, 5.41) is -0.344. The zero-order valence-corrected chi connectivity index (χ0v) is 25.8. The molecular weight excluding hydrogens is 555 g/mol. The van der Waals surface area contributed by atoms with Gasteiger partial charge in [0.05, 0.1) is 0 Å². The third kappa shape index (κ3) is 4.05. The quantitative estimate of drug-likeness (QED) is 0.525. The standard InChI is InChI=1S/C27H38N2O4SSeSi/c1-17-16-29(24(31)28-22(17)30)23-20(35-18-12-9-8-10-13-18)21-27(34-23)15-11-14-19(27)32-36(33-21,25(2,3)4)26(5,6)7/h8-10,12-13,16,19-21,23H,11,14-15H2,1-7H3,(H,28,30,31)/t19-,20-,21+,23-,27+/m1/s1. The molecule has 5 rings (SSSR count). The Morgan fingerprint density at radius 2 is 1.75 bits per heavy atom. The van der Waals surface area contributed by atoms with Gasteiger partial charge in [-0.3, -0.25) is 0 Å². The molecule has 3 fully saturated rings. The van der Waals surface area contributed by atoms with Crippen LogP contribution in [-0.4, -0.2) is 50.0 Å². The van der Waals surface area contributed by atoms with Crippen LogP contribution in [0.2, 0.25) is 14.9 Å². The summed E-state index contributed by atoms with van der Waals surface area (Å²) in [6.45, 7) is 15.4. The third-order valence-electron chi connectivity index (χ3n) is 7.99. The fourth-order valence-electron chi connectivity index (χ4n) is 6.55. The maximum absolute atomic E-state index is 13.2. The van der Waals surface area contributed by atoms with Gasteiger partial charge in [0.25, 0.3) is 0 Å². The van der Waals surface area contributed by atoms with E-state index in [0.717, 1.165) is 19.3 Å². The average molecular weight is 594 g/mol. The summed E-state index contributed by atoms with van der Waals surface area (Å²) in [6.07, 6.45) is 5.03. The number of thioether (sulfide) groups is 1. The number of nitrogens with one attached hydrogen (secondary N) is 1. The van der Waals surface area contributed by atoms with E-state index in [4.69, 9.17) is 8.85 Å². The fourth-order valence-corrected chi connectivity index (χ4v) is 17.6. The third-order valence-corrected chi connectivity index (χ3v) is 18.2. The van der Waals surface area contributed by atoms with E-state index >= 15 is 0 Å². The fraction of sp³-hybridized carbons (Fsp3) is 0.630. The van der Waals surface area contributed by atoms with Crippen molar-refractivity contribution >= 4 is 39.7 Å². The van der Waals surface area contributed by atoms with Crippen LogP contribution in [0.4, 0.5) is 0 Å². The van der Waals surface area contributed by atoms with E-state index in [1.807, 2.05) is 17.8 Å². The van der Waals surface area contributed by atoms with Crippen LogP contribution >= 0.6 is 11.8 Å². The molecule has 1 aliphatic carbocycles. The van der Waals surface area contributed by atoms with Gasteiger partial charge in [-0.15, -0.1) is 0 Å². The molecule has 36 heavy (non-hydrogen) atoms. The number of aromatic amines is 1. The van der Waals surface area contributed by atoms with Gasteiger partial charge in [-0.25, -0.2) is 0 Å². The Kier molecular flexibility index (Phi) is 6.62. The van der Waals surface area contributed by atoms with Crippen LogP contribution in [0, 0.1) is 6.92 Å². The van der Waals surface area contributed by atoms with Crippen LogP contribution in [0.1, 0.15) is 71.7 Å². The van der Waals surface area contributed by atoms with Crippen molar-refractivity contribution in [1.82, 2.24) is 9.55 Å². The van der Waals surface area contributed by atoms with Gasteiger partial charge in [-0.1, -0.05) is 0 Å². The molecule has 1 aromatic heterocycles. The molecule has 196 valence electrons. The van der Waals surface area contributed by atoms with Crippen LogP contribution in [0.25, 0.3) is 0 Å². The Labute approximate surface area is 225 Å². The normalized spacial score (nSPS) is 31.8. The van der Waals surface area contributed by atoms with Crippen molar-refractivity contribution < 1.29 is 8.85 Å². The minimum atomic E-state index is -2.73. The maximum atomic E-state index is 13.2. The number of rotatable bonds is 3. The zero-order valence-electron chi connectivity index (χ0n) is 22.3. The molecule has 0 radical (unpaired) electrons. The van der Waals surface area contributed by atoms with E-state index in [1.165, 1.54) is 4.46 Å². The summed E-state index contributed by atoms with van der Waals surface area (Å²) >= 11 is 1.94. The monoisotopic (exact) mass is 594 g/mol. The molecule has 0 amide bonds. The van der Waals surface area contributed by atoms with Crippen molar-refractivity contribution in [3.8, 4) is 0 Å². The second-order valence-electron chi connectivity index (χ2n) is 12.5. The molecule has 0 bridgehead atoms. The Hall–Kier alpha value is -1.09. The molecule has 0 unspecified atom stereocenters. The first-order valence-corrected chi connectivity index (χ1v) is 17.4. The van der Waals surface area contributed by atoms with Gasteiger partial charge in [-0.05, 0) is 0 Å². The zero-order chi connectivity index (χ0) is 26.1. The summed E-state index contributed by atoms with van der Waals surface area (Å²) < 4.78 is 17.6. The summed E-state index contributed by atoms with van der Waals surface area (Å²) in [5.41, 5.74) is -0.0930. The van der Waals surface area contributed by atoms with E-state index in [2.05, 4.69) is 70.8 Å². The van der Waals surface area contributed by atoms with E-state index in [9.17, 15) is 9.59 Å². The summed E-state index contributed by atoms with van der Waals surface area (Å²) in [7, 11) is -2.73. The number of aromatic nitrogens is 2. The summed E-state index contributed by atoms with van der Waals surface area (Å²) in [6, 6.07) is 10.6. The molecule has 1 spiro atoms. The number of nitrogens with zero attached hydrogens (tertiary/aromatic N) is 1. The molecule has 2 aliphatic heterocycles. The van der Waals surface area contributed by atoms with Crippen LogP contribution in [0.5, 0.6) is 0 Å². The van der Waals surface area contributed by atoms with Crippen molar-refractivity contribution in [1.29, 1.82) is 0 Å². The molecular formula is C27H38N2O4SSeSi. The molecule has 1 saturated carbocycles. The van der Waals surface area contributed by atoms with Gasteiger partial charge in [0.1, 0.15) is 0 Å². The van der Waals surface area contributed by atoms with Crippen LogP contribution in [-0.2, 0) is 8.85 Å². The Balaban J connectivity index is 1.68. The Morgan fingerprint density at radius 3 is 2.39 bits per heavy atom. The van der Waals surface area contributed by atoms with Crippen molar-refractivity contribution in [3.05, 3.63) is 62.9 Å². The topological polar surface area (TPSA) is 73.3 Å². The Morgan fingerprint density at radius 1 is 1.08 bits per heavy atom. The molecule has 2 aromatic rings. The van der Waals surface area contributed by atoms with Crippen LogP contribution in [0.3, 0.4) is 0 Å². The first-order chi connectivity index (χ1) is 16.8. The van der Waals surface area contributed by atoms with E-state index < -0.39 is 8.56 Å². The van der Waals surface area contributed by atoms with Crippen LogP contribution in [0.15, 0.2) is 46.1 Å². The second-order valence-corrected chi connectivity index (χ2v) is 21.3. The number of hydrogen-bond donors (Lipinski definition) is 1. The number of benzene rings is 1. The van der Waals surface area contributed by atoms with Gasteiger partial charge in [-0.2, -0.15) is 0 Å². The molecule has 9 heteroatoms. The van der Waals surface area contributed by atoms with Gasteiger partial charge < -0.3 is 0 Å². The average Bonchev–Trinajstić information content (AvgIpc) is 3.33. The first-order valence-electron chi connectivity index (χ1n) is 12.9. The number of aryl methyl sites for hydroxylation is 1. The Bertz CT molecular complexity index is 1240. The number of hydrogen-bond acceptors (Lipinski definition) is 5. The molecule has 5 atom stereocenters. The van der Waals surface area contributed by atoms with Crippen LogP contribution < -0.4 is 15.7 Å². The van der Waals surface area contributed by atoms with E-state index in [1.54, 1.807) is 17.7 Å². The predicted molar refractivity (Wildman–Crippen MR) is 150 cm³/mol. The molecule has 3 heterocycles. The van der Waals surface area contributed by atoms with Crippen molar-refractivity contribution in [2.45, 2.75) is 105 Å². The molecule has 3 aliphatic rings. The van der Waals surface area contributed by atoms with Crippen molar-refractivity contribution in [3.63, 3.8) is 0 Å². The van der Waals surface area contributed by atoms with Crippen molar-refractivity contribution in [2.24, 2.45) is 0 Å². The van der Waals surface area contributed by atoms with Gasteiger partial charge >= 0.3 is 226 Å². The summed E-state index contributed by atoms with van der Waals surface area (Å²) in [4.78, 5) is 28.1. The van der Waals surface area contributed by atoms with Gasteiger partial charge in [0.2, 0.25) is 0 Å². The SMILES string of the molecule is Cc1cn([C@@H]2S[C@@]34CCC[C@H]3O[Si](C(C)(C)C)(C(C)(C)C)O[C@H]4[C@H]2[Se]c2ccccc2)c(=O)[nH]c1=O. The van der Waals surface area contributed by atoms with E-state index in [-0.39, 0.29) is 63.4 Å². The molecule has 2 saturated heterocycles. The first kappa shape index (κ1) is 26.5. The predicted octanol–water partition coefficient (Wildman–Crippen LogP) is 4.66. The summed E-state index contributed by atoms with van der Waals surface area (Å²) in [5.74, 6) is 0. The molecule has 1 N–H and O–H groups in total. The van der Waals surface area contributed by atoms with E-state index in [0.29, 0.717) is 5.56 Å².